The lowest BCUT2D eigenvalue weighted by molar-refractivity contribution is 0.0991. The predicted octanol–water partition coefficient (Wildman–Crippen LogP) is 4.06. The Morgan fingerprint density at radius 3 is 2.94 bits per heavy atom. The maximum Gasteiger partial charge on any atom is 0.180 e. The van der Waals surface area contributed by atoms with E-state index in [-0.39, 0.29) is 18.0 Å². The Morgan fingerprint density at radius 1 is 1.28 bits per heavy atom. The van der Waals surface area contributed by atoms with E-state index >= 15 is 0 Å². The fraction of sp³-hybridized carbons (Fsp3) is 0.0714. The van der Waals surface area contributed by atoms with Crippen LogP contribution < -0.4 is 0 Å². The molecular weight excluding hydrogens is 251 g/mol. The molecule has 1 aromatic carbocycles. The number of ketones is 1. The Hall–Kier alpha value is -1.94. The van der Waals surface area contributed by atoms with Crippen LogP contribution in [0.25, 0.3) is 10.1 Å². The van der Waals surface area contributed by atoms with Gasteiger partial charge in [0, 0.05) is 4.70 Å². The molecule has 0 unspecified atom stereocenters. The Morgan fingerprint density at radius 2 is 2.17 bits per heavy atom. The summed E-state index contributed by atoms with van der Waals surface area (Å²) >= 11 is 1.31. The van der Waals surface area contributed by atoms with Crippen LogP contribution >= 0.6 is 11.3 Å². The van der Waals surface area contributed by atoms with E-state index in [2.05, 4.69) is 0 Å². The van der Waals surface area contributed by atoms with Gasteiger partial charge in [-0.1, -0.05) is 6.07 Å². The second kappa shape index (κ2) is 4.38. The van der Waals surface area contributed by atoms with Crippen molar-refractivity contribution >= 4 is 27.2 Å². The normalized spacial score (nSPS) is 10.9. The SMILES string of the molecule is O=C(Cc1ccco1)c1cc2ccc(F)cc2s1. The minimum Gasteiger partial charge on any atom is -0.469 e. The summed E-state index contributed by atoms with van der Waals surface area (Å²) in [6.45, 7) is 0. The van der Waals surface area contributed by atoms with Crippen molar-refractivity contribution in [2.45, 2.75) is 6.42 Å². The lowest BCUT2D eigenvalue weighted by Crippen LogP contribution is -1.99. The highest BCUT2D eigenvalue weighted by Gasteiger charge is 2.12. The smallest absolute Gasteiger partial charge is 0.180 e. The maximum absolute atomic E-state index is 13.1. The largest absolute Gasteiger partial charge is 0.469 e. The number of furan rings is 1. The van der Waals surface area contributed by atoms with Gasteiger partial charge in [0.15, 0.2) is 5.78 Å². The van der Waals surface area contributed by atoms with E-state index in [1.54, 1.807) is 30.5 Å². The van der Waals surface area contributed by atoms with Crippen LogP contribution in [0.15, 0.2) is 47.1 Å². The van der Waals surface area contributed by atoms with Gasteiger partial charge in [0.1, 0.15) is 11.6 Å². The Kier molecular flexibility index (Phi) is 2.72. The van der Waals surface area contributed by atoms with Crippen LogP contribution in [0.1, 0.15) is 15.4 Å². The molecule has 0 aliphatic carbocycles. The molecule has 0 aliphatic heterocycles. The number of hydrogen-bond acceptors (Lipinski definition) is 3. The Bertz CT molecular complexity index is 698. The molecular formula is C14H9FO2S. The minimum atomic E-state index is -0.283. The summed E-state index contributed by atoms with van der Waals surface area (Å²) in [6, 6.07) is 9.85. The third-order valence-electron chi connectivity index (χ3n) is 2.67. The van der Waals surface area contributed by atoms with Crippen LogP contribution in [-0.4, -0.2) is 5.78 Å². The molecule has 4 heteroatoms. The monoisotopic (exact) mass is 260 g/mol. The van der Waals surface area contributed by atoms with Gasteiger partial charge in [-0.05, 0) is 35.7 Å². The van der Waals surface area contributed by atoms with E-state index < -0.39 is 0 Å². The zero-order valence-electron chi connectivity index (χ0n) is 9.35. The number of Topliss-reactive ketones (excluding diaryl/α,β-unsaturated/α-hetero) is 1. The van der Waals surface area contributed by atoms with Crippen LogP contribution in [0.4, 0.5) is 4.39 Å². The summed E-state index contributed by atoms with van der Waals surface area (Å²) in [5, 5.41) is 0.893. The number of benzene rings is 1. The van der Waals surface area contributed by atoms with E-state index in [4.69, 9.17) is 4.42 Å². The van der Waals surface area contributed by atoms with Gasteiger partial charge in [0.25, 0.3) is 0 Å². The molecule has 0 radical (unpaired) electrons. The standard InChI is InChI=1S/C14H9FO2S/c15-10-4-3-9-6-14(18-13(9)7-10)12(16)8-11-2-1-5-17-11/h1-7H,8H2. The molecule has 0 N–H and O–H groups in total. The van der Waals surface area contributed by atoms with E-state index in [0.717, 1.165) is 10.1 Å². The number of rotatable bonds is 3. The fourth-order valence-corrected chi connectivity index (χ4v) is 2.83. The molecule has 0 atom stereocenters. The van der Waals surface area contributed by atoms with Crippen LogP contribution in [0.5, 0.6) is 0 Å². The molecule has 3 rings (SSSR count). The van der Waals surface area contributed by atoms with Crippen LogP contribution in [-0.2, 0) is 6.42 Å². The number of carbonyl (C=O) groups is 1. The number of thiophene rings is 1. The first-order valence-corrected chi connectivity index (χ1v) is 6.29. The second-order valence-electron chi connectivity index (χ2n) is 3.97. The van der Waals surface area contributed by atoms with Crippen molar-refractivity contribution in [2.75, 3.05) is 0 Å². The number of halogens is 1. The maximum atomic E-state index is 13.1. The minimum absolute atomic E-state index is 0.00782. The lowest BCUT2D eigenvalue weighted by atomic mass is 10.2. The molecule has 90 valence electrons. The van der Waals surface area contributed by atoms with Gasteiger partial charge in [-0.15, -0.1) is 11.3 Å². The van der Waals surface area contributed by atoms with Crippen molar-refractivity contribution in [3.05, 3.63) is 59.1 Å². The Labute approximate surface area is 107 Å². The summed E-state index contributed by atoms with van der Waals surface area (Å²) in [5.41, 5.74) is 0. The second-order valence-corrected chi connectivity index (χ2v) is 5.06. The highest BCUT2D eigenvalue weighted by molar-refractivity contribution is 7.20. The van der Waals surface area contributed by atoms with Gasteiger partial charge >= 0.3 is 0 Å². The summed E-state index contributed by atoms with van der Waals surface area (Å²) in [5.74, 6) is 0.351. The molecule has 0 fully saturated rings. The lowest BCUT2D eigenvalue weighted by Gasteiger charge is -1.93. The molecule has 2 nitrogen and oxygen atoms in total. The molecule has 3 aromatic rings. The zero-order valence-corrected chi connectivity index (χ0v) is 10.2. The summed E-state index contributed by atoms with van der Waals surface area (Å²) in [4.78, 5) is 12.7. The van der Waals surface area contributed by atoms with Gasteiger partial charge in [-0.2, -0.15) is 0 Å². The average molecular weight is 260 g/mol. The van der Waals surface area contributed by atoms with Crippen LogP contribution in [0.2, 0.25) is 0 Å². The topological polar surface area (TPSA) is 30.2 Å². The quantitative estimate of drug-likeness (QED) is 0.665. The highest BCUT2D eigenvalue weighted by atomic mass is 32.1. The summed E-state index contributed by atoms with van der Waals surface area (Å²) < 4.78 is 19.0. The first-order valence-electron chi connectivity index (χ1n) is 5.47. The molecule has 2 aromatic heterocycles. The first-order chi connectivity index (χ1) is 8.72. The third-order valence-corrected chi connectivity index (χ3v) is 3.81. The van der Waals surface area contributed by atoms with Gasteiger partial charge in [0.05, 0.1) is 17.6 Å². The van der Waals surface area contributed by atoms with E-state index in [1.165, 1.54) is 23.5 Å². The van der Waals surface area contributed by atoms with Gasteiger partial charge in [-0.3, -0.25) is 4.79 Å². The molecule has 0 bridgehead atoms. The zero-order chi connectivity index (χ0) is 12.5. The summed E-state index contributed by atoms with van der Waals surface area (Å²) in [7, 11) is 0. The Balaban J connectivity index is 1.92. The molecule has 0 spiro atoms. The number of carbonyl (C=O) groups excluding carboxylic acids is 1. The van der Waals surface area contributed by atoms with Crippen molar-refractivity contribution < 1.29 is 13.6 Å². The van der Waals surface area contributed by atoms with E-state index in [0.29, 0.717) is 10.6 Å². The van der Waals surface area contributed by atoms with Crippen LogP contribution in [0, 0.1) is 5.82 Å². The fourth-order valence-electron chi connectivity index (χ4n) is 1.80. The molecule has 2 heterocycles. The van der Waals surface area contributed by atoms with Gasteiger partial charge in [0.2, 0.25) is 0 Å². The van der Waals surface area contributed by atoms with Crippen molar-refractivity contribution in [1.82, 2.24) is 0 Å². The highest BCUT2D eigenvalue weighted by Crippen LogP contribution is 2.27. The van der Waals surface area contributed by atoms with Crippen molar-refractivity contribution in [1.29, 1.82) is 0 Å². The molecule has 0 saturated heterocycles. The van der Waals surface area contributed by atoms with E-state index in [9.17, 15) is 9.18 Å². The van der Waals surface area contributed by atoms with Crippen molar-refractivity contribution in [3.63, 3.8) is 0 Å². The molecule has 0 amide bonds. The molecule has 18 heavy (non-hydrogen) atoms. The first kappa shape index (κ1) is 11.2. The van der Waals surface area contributed by atoms with E-state index in [1.807, 2.05) is 0 Å². The van der Waals surface area contributed by atoms with Gasteiger partial charge in [-0.25, -0.2) is 4.39 Å². The molecule has 0 saturated carbocycles. The third kappa shape index (κ3) is 2.07. The van der Waals surface area contributed by atoms with Crippen LogP contribution in [0.3, 0.4) is 0 Å². The van der Waals surface area contributed by atoms with Crippen molar-refractivity contribution in [3.8, 4) is 0 Å². The van der Waals surface area contributed by atoms with Gasteiger partial charge < -0.3 is 4.42 Å². The summed E-state index contributed by atoms with van der Waals surface area (Å²) in [6.07, 6.45) is 1.78. The number of fused-ring (bicyclic) bond motifs is 1. The number of hydrogen-bond donors (Lipinski definition) is 0. The van der Waals surface area contributed by atoms with Crippen molar-refractivity contribution in [2.24, 2.45) is 0 Å². The molecule has 0 aliphatic rings. The predicted molar refractivity (Wildman–Crippen MR) is 68.5 cm³/mol. The average Bonchev–Trinajstić information content (AvgIpc) is 2.96.